The molecule has 1 N–H and O–H groups in total. The fourth-order valence-electron chi connectivity index (χ4n) is 2.93. The highest BCUT2D eigenvalue weighted by molar-refractivity contribution is 5.81. The van der Waals surface area contributed by atoms with Gasteiger partial charge < -0.3 is 9.84 Å². The molecule has 0 aromatic carbocycles. The summed E-state index contributed by atoms with van der Waals surface area (Å²) in [4.78, 5) is 23.7. The molecule has 0 spiro atoms. The number of carboxylic acids is 1. The predicted molar refractivity (Wildman–Crippen MR) is 78.0 cm³/mol. The molecule has 1 aliphatic carbocycles. The van der Waals surface area contributed by atoms with Gasteiger partial charge in [-0.2, -0.15) is 13.2 Å². The first-order valence-corrected chi connectivity index (χ1v) is 8.00. The average molecular weight is 374 g/mol. The number of aliphatic carboxylic acids is 1. The van der Waals surface area contributed by atoms with Crippen LogP contribution in [0.4, 0.5) is 22.0 Å². The van der Waals surface area contributed by atoms with Gasteiger partial charge in [-0.05, 0) is 39.5 Å². The standard InChI is InChI=1S/C16H23F5O4/c1-14(2,3)25-13(24)11(6-9-7-15(17,18)8-9)10(12(22)23)4-5-16(19,20)21/h9-11H,4-8H2,1-3H3,(H,22,23)/t10-,11+/m1/s1. The van der Waals surface area contributed by atoms with Gasteiger partial charge in [-0.1, -0.05) is 0 Å². The Morgan fingerprint density at radius 1 is 1.16 bits per heavy atom. The minimum absolute atomic E-state index is 0.223. The molecule has 1 fully saturated rings. The number of hydrogen-bond acceptors (Lipinski definition) is 3. The van der Waals surface area contributed by atoms with Crippen LogP contribution in [-0.4, -0.2) is 34.7 Å². The second kappa shape index (κ2) is 7.45. The first kappa shape index (κ1) is 21.6. The van der Waals surface area contributed by atoms with Gasteiger partial charge in [0.05, 0.1) is 11.8 Å². The third-order valence-electron chi connectivity index (χ3n) is 4.01. The van der Waals surface area contributed by atoms with Gasteiger partial charge in [-0.25, -0.2) is 8.78 Å². The summed E-state index contributed by atoms with van der Waals surface area (Å²) in [6.45, 7) is 4.60. The maximum Gasteiger partial charge on any atom is 0.389 e. The van der Waals surface area contributed by atoms with Gasteiger partial charge in [-0.3, -0.25) is 9.59 Å². The largest absolute Gasteiger partial charge is 0.481 e. The number of carboxylic acid groups (broad SMARTS) is 1. The molecule has 0 aromatic rings. The molecule has 0 aliphatic heterocycles. The van der Waals surface area contributed by atoms with Crippen LogP contribution in [0, 0.1) is 17.8 Å². The van der Waals surface area contributed by atoms with Crippen molar-refractivity contribution >= 4 is 11.9 Å². The molecule has 1 saturated carbocycles. The number of halogens is 5. The Labute approximate surface area is 142 Å². The van der Waals surface area contributed by atoms with Crippen molar-refractivity contribution in [1.82, 2.24) is 0 Å². The monoisotopic (exact) mass is 374 g/mol. The van der Waals surface area contributed by atoms with Crippen LogP contribution >= 0.6 is 0 Å². The third-order valence-corrected chi connectivity index (χ3v) is 4.01. The number of ether oxygens (including phenoxy) is 1. The van der Waals surface area contributed by atoms with Crippen LogP contribution in [0.25, 0.3) is 0 Å². The van der Waals surface area contributed by atoms with Gasteiger partial charge in [0.25, 0.3) is 0 Å². The van der Waals surface area contributed by atoms with Gasteiger partial charge in [-0.15, -0.1) is 0 Å². The van der Waals surface area contributed by atoms with E-state index in [0.29, 0.717) is 0 Å². The first-order valence-electron chi connectivity index (χ1n) is 8.00. The van der Waals surface area contributed by atoms with E-state index in [1.807, 2.05) is 0 Å². The molecule has 0 amide bonds. The molecule has 2 atom stereocenters. The zero-order valence-corrected chi connectivity index (χ0v) is 14.3. The van der Waals surface area contributed by atoms with Gasteiger partial charge in [0.1, 0.15) is 5.60 Å². The summed E-state index contributed by atoms with van der Waals surface area (Å²) >= 11 is 0. The minimum Gasteiger partial charge on any atom is -0.481 e. The van der Waals surface area contributed by atoms with Gasteiger partial charge in [0.2, 0.25) is 5.92 Å². The number of hydrogen-bond donors (Lipinski definition) is 1. The predicted octanol–water partition coefficient (Wildman–Crippen LogP) is 4.42. The lowest BCUT2D eigenvalue weighted by Gasteiger charge is -2.38. The molecular weight excluding hydrogens is 351 g/mol. The molecule has 0 bridgehead atoms. The van der Waals surface area contributed by atoms with Gasteiger partial charge in [0.15, 0.2) is 0 Å². The van der Waals surface area contributed by atoms with E-state index in [9.17, 15) is 36.6 Å². The third kappa shape index (κ3) is 7.56. The zero-order valence-electron chi connectivity index (χ0n) is 14.3. The molecule has 25 heavy (non-hydrogen) atoms. The molecule has 0 aromatic heterocycles. The van der Waals surface area contributed by atoms with E-state index >= 15 is 0 Å². The Bertz CT molecular complexity index is 488. The van der Waals surface area contributed by atoms with Crippen LogP contribution in [0.2, 0.25) is 0 Å². The Morgan fingerprint density at radius 3 is 2.04 bits per heavy atom. The van der Waals surface area contributed by atoms with E-state index in [-0.39, 0.29) is 6.42 Å². The Balaban J connectivity index is 2.92. The average Bonchev–Trinajstić information content (AvgIpc) is 2.31. The smallest absolute Gasteiger partial charge is 0.389 e. The topological polar surface area (TPSA) is 63.6 Å². The summed E-state index contributed by atoms with van der Waals surface area (Å²) in [6, 6.07) is 0. The lowest BCUT2D eigenvalue weighted by atomic mass is 9.72. The molecule has 0 unspecified atom stereocenters. The second-order valence-corrected chi connectivity index (χ2v) is 7.60. The van der Waals surface area contributed by atoms with E-state index in [2.05, 4.69) is 0 Å². The Hall–Kier alpha value is -1.41. The Kier molecular flexibility index (Phi) is 6.45. The van der Waals surface area contributed by atoms with Crippen LogP contribution in [0.3, 0.4) is 0 Å². The van der Waals surface area contributed by atoms with Crippen LogP contribution in [0.1, 0.15) is 52.9 Å². The summed E-state index contributed by atoms with van der Waals surface area (Å²) in [5.74, 6) is -9.02. The van der Waals surface area contributed by atoms with Crippen molar-refractivity contribution in [1.29, 1.82) is 0 Å². The van der Waals surface area contributed by atoms with Crippen LogP contribution in [0.5, 0.6) is 0 Å². The van der Waals surface area contributed by atoms with E-state index in [1.54, 1.807) is 0 Å². The van der Waals surface area contributed by atoms with E-state index in [1.165, 1.54) is 20.8 Å². The second-order valence-electron chi connectivity index (χ2n) is 7.60. The minimum atomic E-state index is -4.57. The molecule has 0 saturated heterocycles. The molecule has 146 valence electrons. The number of carbonyl (C=O) groups is 2. The van der Waals surface area contributed by atoms with Gasteiger partial charge >= 0.3 is 18.1 Å². The van der Waals surface area contributed by atoms with Crippen molar-refractivity contribution in [3.63, 3.8) is 0 Å². The summed E-state index contributed by atoms with van der Waals surface area (Å²) in [5.41, 5.74) is -0.966. The first-order chi connectivity index (χ1) is 11.1. The van der Waals surface area contributed by atoms with Crippen molar-refractivity contribution in [3.8, 4) is 0 Å². The fourth-order valence-corrected chi connectivity index (χ4v) is 2.93. The highest BCUT2D eigenvalue weighted by atomic mass is 19.4. The SMILES string of the molecule is CC(C)(C)OC(=O)[C@@H](CC1CC(F)(F)C1)[C@@H](CCC(F)(F)F)C(=O)O. The summed E-state index contributed by atoms with van der Waals surface area (Å²) in [5, 5.41) is 9.27. The maximum atomic E-state index is 13.0. The zero-order chi connectivity index (χ0) is 19.6. The summed E-state index contributed by atoms with van der Waals surface area (Å²) in [7, 11) is 0. The number of esters is 1. The van der Waals surface area contributed by atoms with Crippen molar-refractivity contribution in [2.24, 2.45) is 17.8 Å². The molecule has 9 heteroatoms. The molecule has 0 radical (unpaired) electrons. The van der Waals surface area contributed by atoms with Crippen molar-refractivity contribution in [2.45, 2.75) is 70.6 Å². The normalized spacial score (nSPS) is 20.5. The lowest BCUT2D eigenvalue weighted by Crippen LogP contribution is -2.42. The van der Waals surface area contributed by atoms with Crippen molar-refractivity contribution in [3.05, 3.63) is 0 Å². The van der Waals surface area contributed by atoms with Crippen LogP contribution in [0.15, 0.2) is 0 Å². The maximum absolute atomic E-state index is 13.0. The Morgan fingerprint density at radius 2 is 1.68 bits per heavy atom. The quantitative estimate of drug-likeness (QED) is 0.529. The van der Waals surface area contributed by atoms with Crippen LogP contribution in [-0.2, 0) is 14.3 Å². The van der Waals surface area contributed by atoms with Gasteiger partial charge in [0, 0.05) is 19.3 Å². The lowest BCUT2D eigenvalue weighted by molar-refractivity contribution is -0.174. The number of carbonyl (C=O) groups excluding carboxylic acids is 1. The van der Waals surface area contributed by atoms with Crippen molar-refractivity contribution < 1.29 is 41.4 Å². The summed E-state index contributed by atoms with van der Waals surface area (Å²) < 4.78 is 68.4. The highest BCUT2D eigenvalue weighted by Gasteiger charge is 2.49. The van der Waals surface area contributed by atoms with Crippen LogP contribution < -0.4 is 0 Å². The number of alkyl halides is 5. The fraction of sp³-hybridized carbons (Fsp3) is 0.875. The van der Waals surface area contributed by atoms with E-state index in [4.69, 9.17) is 4.74 Å². The molecule has 4 nitrogen and oxygen atoms in total. The molecular formula is C16H23F5O4. The molecule has 1 aliphatic rings. The van der Waals surface area contributed by atoms with E-state index < -0.39 is 73.1 Å². The number of rotatable bonds is 7. The molecule has 0 heterocycles. The molecule has 1 rings (SSSR count). The summed E-state index contributed by atoms with van der Waals surface area (Å²) in [6.07, 6.45) is -7.97. The van der Waals surface area contributed by atoms with Crippen molar-refractivity contribution in [2.75, 3.05) is 0 Å². The van der Waals surface area contributed by atoms with E-state index in [0.717, 1.165) is 0 Å². The highest BCUT2D eigenvalue weighted by Crippen LogP contribution is 2.47.